The van der Waals surface area contributed by atoms with Crippen LogP contribution < -0.4 is 4.74 Å². The van der Waals surface area contributed by atoms with Crippen LogP contribution in [0.5, 0.6) is 5.75 Å². The number of benzene rings is 2. The van der Waals surface area contributed by atoms with E-state index in [2.05, 4.69) is 4.98 Å². The number of ether oxygens (including phenoxy) is 3. The zero-order valence-electron chi connectivity index (χ0n) is 14.3. The summed E-state index contributed by atoms with van der Waals surface area (Å²) >= 11 is 0. The van der Waals surface area contributed by atoms with E-state index in [-0.39, 0.29) is 24.3 Å². The highest BCUT2D eigenvalue weighted by molar-refractivity contribution is 6.14. The smallest absolute Gasteiger partial charge is 0.339 e. The van der Waals surface area contributed by atoms with Crippen molar-refractivity contribution in [3.8, 4) is 5.75 Å². The molecular weight excluding hydrogens is 322 g/mol. The lowest BCUT2D eigenvalue weighted by atomic mass is 10.0. The Balaban J connectivity index is 2.27. The Kier molecular flexibility index (Phi) is 4.61. The first-order chi connectivity index (χ1) is 12.1. The second-order valence-electron chi connectivity index (χ2n) is 5.42. The van der Waals surface area contributed by atoms with E-state index in [1.807, 2.05) is 18.2 Å². The average molecular weight is 341 g/mol. The molecule has 0 radical (unpaired) electrons. The maximum Gasteiger partial charge on any atom is 0.339 e. The van der Waals surface area contributed by atoms with Gasteiger partial charge in [-0.3, -0.25) is 0 Å². The molecule has 0 spiro atoms. The summed E-state index contributed by atoms with van der Waals surface area (Å²) in [5.41, 5.74) is 1.99. The van der Waals surface area contributed by atoms with Gasteiger partial charge in [-0.2, -0.15) is 0 Å². The number of H-pyrrole nitrogens is 1. The van der Waals surface area contributed by atoms with Gasteiger partial charge in [0, 0.05) is 21.8 Å². The maximum absolute atomic E-state index is 12.3. The summed E-state index contributed by atoms with van der Waals surface area (Å²) in [4.78, 5) is 27.9. The van der Waals surface area contributed by atoms with Gasteiger partial charge in [-0.15, -0.1) is 0 Å². The van der Waals surface area contributed by atoms with E-state index < -0.39 is 11.9 Å². The molecule has 0 aliphatic heterocycles. The summed E-state index contributed by atoms with van der Waals surface area (Å²) in [6, 6.07) is 8.91. The van der Waals surface area contributed by atoms with Crippen molar-refractivity contribution >= 4 is 33.7 Å². The number of carbonyl (C=O) groups excluding carboxylic acids is 2. The molecule has 1 aromatic heterocycles. The molecule has 130 valence electrons. The van der Waals surface area contributed by atoms with Gasteiger partial charge in [-0.1, -0.05) is 0 Å². The van der Waals surface area contributed by atoms with Crippen molar-refractivity contribution in [2.24, 2.45) is 0 Å². The number of carbonyl (C=O) groups is 2. The first-order valence-corrected chi connectivity index (χ1v) is 8.06. The third-order valence-corrected chi connectivity index (χ3v) is 3.93. The highest BCUT2D eigenvalue weighted by atomic mass is 16.5. The van der Waals surface area contributed by atoms with Crippen molar-refractivity contribution in [3.63, 3.8) is 0 Å². The summed E-state index contributed by atoms with van der Waals surface area (Å²) < 4.78 is 15.4. The van der Waals surface area contributed by atoms with Crippen molar-refractivity contribution in [2.45, 2.75) is 13.8 Å². The van der Waals surface area contributed by atoms with Crippen LogP contribution in [0.4, 0.5) is 0 Å². The average Bonchev–Trinajstić information content (AvgIpc) is 2.97. The van der Waals surface area contributed by atoms with Crippen molar-refractivity contribution in [1.29, 1.82) is 0 Å². The highest BCUT2D eigenvalue weighted by Crippen LogP contribution is 2.31. The van der Waals surface area contributed by atoms with Crippen LogP contribution >= 0.6 is 0 Å². The summed E-state index contributed by atoms with van der Waals surface area (Å²) in [5, 5.41) is 1.71. The fraction of sp³-hybridized carbons (Fsp3) is 0.263. The zero-order valence-corrected chi connectivity index (χ0v) is 14.3. The molecule has 0 saturated carbocycles. The Morgan fingerprint density at radius 1 is 0.880 bits per heavy atom. The number of hydrogen-bond donors (Lipinski definition) is 1. The van der Waals surface area contributed by atoms with Crippen LogP contribution in [0.3, 0.4) is 0 Å². The number of aromatic nitrogens is 1. The number of nitrogens with one attached hydrogen (secondary N) is 1. The monoisotopic (exact) mass is 341 g/mol. The molecule has 3 aromatic rings. The number of methoxy groups -OCH3 is 1. The zero-order chi connectivity index (χ0) is 18.0. The van der Waals surface area contributed by atoms with Crippen LogP contribution in [0.1, 0.15) is 34.6 Å². The summed E-state index contributed by atoms with van der Waals surface area (Å²) in [5.74, 6) is -0.394. The van der Waals surface area contributed by atoms with Crippen molar-refractivity contribution in [1.82, 2.24) is 4.98 Å². The molecule has 0 bridgehead atoms. The van der Waals surface area contributed by atoms with E-state index >= 15 is 0 Å². The quantitative estimate of drug-likeness (QED) is 0.716. The van der Waals surface area contributed by atoms with Gasteiger partial charge in [0.15, 0.2) is 0 Å². The van der Waals surface area contributed by atoms with E-state index in [1.54, 1.807) is 33.1 Å². The van der Waals surface area contributed by atoms with Gasteiger partial charge in [0.25, 0.3) is 0 Å². The molecule has 25 heavy (non-hydrogen) atoms. The Labute approximate surface area is 144 Å². The number of aromatic amines is 1. The van der Waals surface area contributed by atoms with E-state index in [9.17, 15) is 9.59 Å². The number of esters is 2. The first-order valence-electron chi connectivity index (χ1n) is 8.06. The van der Waals surface area contributed by atoms with E-state index in [4.69, 9.17) is 14.2 Å². The van der Waals surface area contributed by atoms with Crippen LogP contribution in [0.15, 0.2) is 30.3 Å². The maximum atomic E-state index is 12.3. The minimum Gasteiger partial charge on any atom is -0.497 e. The van der Waals surface area contributed by atoms with Crippen LogP contribution in [0, 0.1) is 0 Å². The van der Waals surface area contributed by atoms with Crippen LogP contribution in [-0.4, -0.2) is 37.2 Å². The lowest BCUT2D eigenvalue weighted by Gasteiger charge is -2.09. The van der Waals surface area contributed by atoms with Crippen molar-refractivity contribution in [2.75, 3.05) is 20.3 Å². The molecule has 1 heterocycles. The number of hydrogen-bond acceptors (Lipinski definition) is 5. The lowest BCUT2D eigenvalue weighted by molar-refractivity contribution is 0.0479. The van der Waals surface area contributed by atoms with E-state index in [0.29, 0.717) is 5.75 Å². The molecular formula is C19H19NO5. The molecule has 1 N–H and O–H groups in total. The van der Waals surface area contributed by atoms with Gasteiger partial charge in [0.1, 0.15) is 5.75 Å². The molecule has 3 rings (SSSR count). The molecule has 0 aliphatic rings. The lowest BCUT2D eigenvalue weighted by Crippen LogP contribution is -2.14. The first kappa shape index (κ1) is 16.8. The minimum absolute atomic E-state index is 0.186. The van der Waals surface area contributed by atoms with Gasteiger partial charge in [0.2, 0.25) is 0 Å². The molecule has 0 aliphatic carbocycles. The van der Waals surface area contributed by atoms with Crippen LogP contribution in [-0.2, 0) is 9.47 Å². The Morgan fingerprint density at radius 2 is 1.48 bits per heavy atom. The Bertz CT molecular complexity index is 957. The molecule has 6 nitrogen and oxygen atoms in total. The van der Waals surface area contributed by atoms with Gasteiger partial charge in [0.05, 0.1) is 31.5 Å². The minimum atomic E-state index is -0.552. The Hall–Kier alpha value is -3.02. The highest BCUT2D eigenvalue weighted by Gasteiger charge is 2.22. The second-order valence-corrected chi connectivity index (χ2v) is 5.42. The SMILES string of the molecule is CCOC(=O)c1cc2[nH]c3ccc(OC)cc3c2cc1C(=O)OCC. The topological polar surface area (TPSA) is 77.6 Å². The third-order valence-electron chi connectivity index (χ3n) is 3.93. The molecule has 0 atom stereocenters. The summed E-state index contributed by atoms with van der Waals surface area (Å²) in [6.45, 7) is 3.89. The number of fused-ring (bicyclic) bond motifs is 3. The molecule has 0 saturated heterocycles. The molecule has 0 unspecified atom stereocenters. The van der Waals surface area contributed by atoms with Gasteiger partial charge < -0.3 is 19.2 Å². The fourth-order valence-electron chi connectivity index (χ4n) is 2.81. The molecule has 6 heteroatoms. The molecule has 2 aromatic carbocycles. The summed E-state index contributed by atoms with van der Waals surface area (Å²) in [7, 11) is 1.60. The fourth-order valence-corrected chi connectivity index (χ4v) is 2.81. The van der Waals surface area contributed by atoms with Crippen LogP contribution in [0.25, 0.3) is 21.8 Å². The van der Waals surface area contributed by atoms with E-state index in [0.717, 1.165) is 21.8 Å². The van der Waals surface area contributed by atoms with Gasteiger partial charge >= 0.3 is 11.9 Å². The predicted molar refractivity (Wildman–Crippen MR) is 94.3 cm³/mol. The van der Waals surface area contributed by atoms with Crippen molar-refractivity contribution < 1.29 is 23.8 Å². The Morgan fingerprint density at radius 3 is 2.08 bits per heavy atom. The van der Waals surface area contributed by atoms with Crippen LogP contribution in [0.2, 0.25) is 0 Å². The normalized spacial score (nSPS) is 10.8. The largest absolute Gasteiger partial charge is 0.497 e. The van der Waals surface area contributed by atoms with E-state index in [1.165, 1.54) is 0 Å². The van der Waals surface area contributed by atoms with Gasteiger partial charge in [-0.05, 0) is 44.2 Å². The molecule has 0 fully saturated rings. The second kappa shape index (κ2) is 6.84. The standard InChI is InChI=1S/C19H19NO5/c1-4-24-18(21)14-9-13-12-8-11(23-3)6-7-16(12)20-17(13)10-15(14)19(22)25-5-2/h6-10,20H,4-5H2,1-3H3. The number of rotatable bonds is 5. The van der Waals surface area contributed by atoms with Crippen molar-refractivity contribution in [3.05, 3.63) is 41.5 Å². The molecule has 0 amide bonds. The van der Waals surface area contributed by atoms with Gasteiger partial charge in [-0.25, -0.2) is 9.59 Å². The third kappa shape index (κ3) is 3.03. The predicted octanol–water partition coefficient (Wildman–Crippen LogP) is 3.68. The summed E-state index contributed by atoms with van der Waals surface area (Å²) in [6.07, 6.45) is 0.